The number of amides is 1. The van der Waals surface area contributed by atoms with Crippen molar-refractivity contribution in [2.45, 2.75) is 32.5 Å². The van der Waals surface area contributed by atoms with Crippen molar-refractivity contribution in [3.63, 3.8) is 0 Å². The molecule has 2 aromatic rings. The molecule has 0 bridgehead atoms. The lowest BCUT2D eigenvalue weighted by molar-refractivity contribution is -0.274. The van der Waals surface area contributed by atoms with Crippen LogP contribution in [0.15, 0.2) is 30.3 Å². The number of hydrogen-bond donors (Lipinski definition) is 1. The number of nitrogens with one attached hydrogen (secondary N) is 1. The number of carbonyl (C=O) groups is 2. The molecule has 0 fully saturated rings. The lowest BCUT2D eigenvalue weighted by Gasteiger charge is -2.19. The number of halogens is 3. The van der Waals surface area contributed by atoms with Crippen LogP contribution in [-0.2, 0) is 10.2 Å². The van der Waals surface area contributed by atoms with E-state index in [1.165, 1.54) is 18.2 Å². The molecule has 1 heterocycles. The van der Waals surface area contributed by atoms with Gasteiger partial charge in [-0.3, -0.25) is 9.59 Å². The third-order valence-corrected chi connectivity index (χ3v) is 4.53. The molecule has 3 rings (SSSR count). The molecule has 0 saturated heterocycles. The van der Waals surface area contributed by atoms with Gasteiger partial charge in [0.15, 0.2) is 6.29 Å². The van der Waals surface area contributed by atoms with Crippen LogP contribution in [0.25, 0.3) is 11.1 Å². The number of carbonyl (C=O) groups excluding carboxylic acids is 2. The Kier molecular flexibility index (Phi) is 4.05. The molecule has 1 aliphatic heterocycles. The lowest BCUT2D eigenvalue weighted by atomic mass is 9.84. The molecule has 4 nitrogen and oxygen atoms in total. The van der Waals surface area contributed by atoms with E-state index in [0.29, 0.717) is 23.1 Å². The van der Waals surface area contributed by atoms with Gasteiger partial charge in [-0.05, 0) is 49.6 Å². The minimum atomic E-state index is -4.94. The van der Waals surface area contributed by atoms with E-state index in [9.17, 15) is 22.8 Å². The first-order valence-corrected chi connectivity index (χ1v) is 7.85. The zero-order chi connectivity index (χ0) is 19.3. The monoisotopic (exact) mass is 363 g/mol. The van der Waals surface area contributed by atoms with E-state index in [4.69, 9.17) is 0 Å². The van der Waals surface area contributed by atoms with E-state index in [0.717, 1.165) is 5.56 Å². The molecule has 0 atom stereocenters. The summed E-state index contributed by atoms with van der Waals surface area (Å²) in [5, 5.41) is 2.75. The van der Waals surface area contributed by atoms with Crippen molar-refractivity contribution in [2.75, 3.05) is 5.32 Å². The molecule has 0 unspecified atom stereocenters. The molecule has 136 valence electrons. The fraction of sp³-hybridized carbons (Fsp3) is 0.263. The highest BCUT2D eigenvalue weighted by Crippen LogP contribution is 2.44. The Balaban J connectivity index is 2.22. The second-order valence-corrected chi connectivity index (χ2v) is 6.68. The number of hydrogen-bond acceptors (Lipinski definition) is 3. The van der Waals surface area contributed by atoms with Crippen LogP contribution in [0, 0.1) is 6.92 Å². The quantitative estimate of drug-likeness (QED) is 0.811. The Bertz CT molecular complexity index is 917. The van der Waals surface area contributed by atoms with Crippen LogP contribution in [0.4, 0.5) is 18.9 Å². The van der Waals surface area contributed by atoms with E-state index >= 15 is 0 Å². The Morgan fingerprint density at radius 3 is 2.46 bits per heavy atom. The van der Waals surface area contributed by atoms with Crippen molar-refractivity contribution in [3.8, 4) is 16.9 Å². The topological polar surface area (TPSA) is 55.4 Å². The maximum atomic E-state index is 12.8. The largest absolute Gasteiger partial charge is 0.573 e. The average molecular weight is 363 g/mol. The van der Waals surface area contributed by atoms with Crippen molar-refractivity contribution in [3.05, 3.63) is 47.0 Å². The summed E-state index contributed by atoms with van der Waals surface area (Å²) in [6, 6.07) is 7.57. The van der Waals surface area contributed by atoms with Gasteiger partial charge in [0.1, 0.15) is 5.75 Å². The summed E-state index contributed by atoms with van der Waals surface area (Å²) in [5.74, 6) is -0.737. The van der Waals surface area contributed by atoms with Crippen LogP contribution in [0.2, 0.25) is 0 Å². The summed E-state index contributed by atoms with van der Waals surface area (Å²) in [6.07, 6.45) is -4.62. The van der Waals surface area contributed by atoms with Crippen LogP contribution >= 0.6 is 0 Å². The van der Waals surface area contributed by atoms with E-state index in [-0.39, 0.29) is 17.0 Å². The smallest absolute Gasteiger partial charge is 0.404 e. The molecular weight excluding hydrogens is 347 g/mol. The molecule has 0 aliphatic carbocycles. The van der Waals surface area contributed by atoms with Crippen LogP contribution < -0.4 is 10.1 Å². The number of ether oxygens (including phenoxy) is 1. The van der Waals surface area contributed by atoms with E-state index in [1.807, 2.05) is 0 Å². The zero-order valence-corrected chi connectivity index (χ0v) is 14.3. The zero-order valence-electron chi connectivity index (χ0n) is 14.3. The first-order chi connectivity index (χ1) is 12.0. The minimum Gasteiger partial charge on any atom is -0.404 e. The standard InChI is InChI=1S/C19H16F3NO3/c1-10-7-14-15(23-17(25)18(14,2)3)8-13(10)12-6-4-5-11(9-24)16(12)26-19(20,21)22/h4-9H,1-3H3,(H,23,25). The third kappa shape index (κ3) is 2.94. The van der Waals surface area contributed by atoms with Crippen molar-refractivity contribution in [2.24, 2.45) is 0 Å². The second kappa shape index (κ2) is 5.86. The van der Waals surface area contributed by atoms with Crippen molar-refractivity contribution < 1.29 is 27.5 Å². The number of aryl methyl sites for hydroxylation is 1. The van der Waals surface area contributed by atoms with Crippen molar-refractivity contribution >= 4 is 17.9 Å². The fourth-order valence-electron chi connectivity index (χ4n) is 3.11. The summed E-state index contributed by atoms with van der Waals surface area (Å²) in [5.41, 5.74) is 1.63. The third-order valence-electron chi connectivity index (χ3n) is 4.53. The van der Waals surface area contributed by atoms with E-state index in [1.54, 1.807) is 32.9 Å². The van der Waals surface area contributed by atoms with Gasteiger partial charge in [-0.15, -0.1) is 13.2 Å². The fourth-order valence-corrected chi connectivity index (χ4v) is 3.11. The number of aldehydes is 1. The summed E-state index contributed by atoms with van der Waals surface area (Å²) in [4.78, 5) is 23.3. The summed E-state index contributed by atoms with van der Waals surface area (Å²) in [7, 11) is 0. The number of rotatable bonds is 3. The molecule has 26 heavy (non-hydrogen) atoms. The summed E-state index contributed by atoms with van der Waals surface area (Å²) in [6.45, 7) is 5.29. The van der Waals surface area contributed by atoms with Crippen LogP contribution in [0.3, 0.4) is 0 Å². The van der Waals surface area contributed by atoms with Gasteiger partial charge in [0.05, 0.1) is 11.0 Å². The molecule has 0 aromatic heterocycles. The van der Waals surface area contributed by atoms with Gasteiger partial charge in [0, 0.05) is 11.3 Å². The Labute approximate surface area is 148 Å². The Hall–Kier alpha value is -2.83. The molecule has 0 radical (unpaired) electrons. The van der Waals surface area contributed by atoms with Gasteiger partial charge in [-0.2, -0.15) is 0 Å². The highest BCUT2D eigenvalue weighted by molar-refractivity contribution is 6.06. The maximum Gasteiger partial charge on any atom is 0.573 e. The summed E-state index contributed by atoms with van der Waals surface area (Å²) >= 11 is 0. The van der Waals surface area contributed by atoms with Crippen molar-refractivity contribution in [1.82, 2.24) is 0 Å². The van der Waals surface area contributed by atoms with E-state index < -0.39 is 17.5 Å². The van der Waals surface area contributed by atoms with Gasteiger partial charge in [0.25, 0.3) is 0 Å². The van der Waals surface area contributed by atoms with Crippen LogP contribution in [-0.4, -0.2) is 18.6 Å². The van der Waals surface area contributed by atoms with Crippen LogP contribution in [0.5, 0.6) is 5.75 Å². The second-order valence-electron chi connectivity index (χ2n) is 6.68. The first-order valence-electron chi connectivity index (χ1n) is 7.85. The minimum absolute atomic E-state index is 0.131. The number of fused-ring (bicyclic) bond motifs is 1. The van der Waals surface area contributed by atoms with Crippen molar-refractivity contribution in [1.29, 1.82) is 0 Å². The van der Waals surface area contributed by atoms with Gasteiger partial charge in [-0.1, -0.05) is 18.2 Å². The number of alkyl halides is 3. The van der Waals surface area contributed by atoms with Crippen LogP contribution in [0.1, 0.15) is 35.3 Å². The average Bonchev–Trinajstić information content (AvgIpc) is 2.75. The Morgan fingerprint density at radius 2 is 1.85 bits per heavy atom. The van der Waals surface area contributed by atoms with Gasteiger partial charge in [0.2, 0.25) is 5.91 Å². The molecular formula is C19H16F3NO3. The predicted octanol–water partition coefficient (Wildman–Crippen LogP) is 4.60. The lowest BCUT2D eigenvalue weighted by Crippen LogP contribution is -2.26. The molecule has 7 heteroatoms. The van der Waals surface area contributed by atoms with Gasteiger partial charge in [-0.25, -0.2) is 0 Å². The normalized spacial score (nSPS) is 15.4. The molecule has 2 aromatic carbocycles. The highest BCUT2D eigenvalue weighted by atomic mass is 19.4. The molecule has 0 spiro atoms. The van der Waals surface area contributed by atoms with Gasteiger partial charge < -0.3 is 10.1 Å². The van der Waals surface area contributed by atoms with Gasteiger partial charge >= 0.3 is 6.36 Å². The Morgan fingerprint density at radius 1 is 1.15 bits per heavy atom. The predicted molar refractivity (Wildman–Crippen MR) is 90.3 cm³/mol. The number of para-hydroxylation sites is 1. The molecule has 1 N–H and O–H groups in total. The first kappa shape index (κ1) is 18.0. The number of anilines is 1. The summed E-state index contributed by atoms with van der Waals surface area (Å²) < 4.78 is 42.6. The molecule has 0 saturated carbocycles. The highest BCUT2D eigenvalue weighted by Gasteiger charge is 2.39. The maximum absolute atomic E-state index is 12.8. The molecule has 1 amide bonds. The molecule has 1 aliphatic rings. The van der Waals surface area contributed by atoms with E-state index in [2.05, 4.69) is 10.1 Å². The SMILES string of the molecule is Cc1cc2c(cc1-c1cccc(C=O)c1OC(F)(F)F)NC(=O)C2(C)C. The number of benzene rings is 2.